The van der Waals surface area contributed by atoms with Gasteiger partial charge in [0, 0.05) is 23.3 Å². The smallest absolute Gasteiger partial charge is 0.234 e. The van der Waals surface area contributed by atoms with Crippen molar-refractivity contribution in [3.05, 3.63) is 59.6 Å². The Morgan fingerprint density at radius 3 is 2.88 bits per heavy atom. The number of carbonyl (C=O) groups is 1. The Balaban J connectivity index is 1.69. The third-order valence-electron chi connectivity index (χ3n) is 3.89. The molecule has 1 aliphatic rings. The van der Waals surface area contributed by atoms with Crippen LogP contribution in [0.25, 0.3) is 5.70 Å². The minimum Gasteiger partial charge on any atom is -0.495 e. The van der Waals surface area contributed by atoms with Gasteiger partial charge in [0.2, 0.25) is 5.91 Å². The number of hydrogen-bond acceptors (Lipinski definition) is 5. The average Bonchev–Trinajstić information content (AvgIpc) is 2.64. The Labute approximate surface area is 161 Å². The average molecular weight is 388 g/mol. The maximum Gasteiger partial charge on any atom is 0.234 e. The van der Waals surface area contributed by atoms with Crippen molar-refractivity contribution in [2.45, 2.75) is 0 Å². The van der Waals surface area contributed by atoms with Crippen molar-refractivity contribution in [1.29, 1.82) is 0 Å². The van der Waals surface area contributed by atoms with Crippen molar-refractivity contribution >= 4 is 51.5 Å². The van der Waals surface area contributed by atoms with Crippen molar-refractivity contribution < 1.29 is 9.53 Å². The lowest BCUT2D eigenvalue weighted by molar-refractivity contribution is -0.113. The SMILES string of the molecule is C=C1c2ccccc2N=C(SCC(=O)Nc2cc(Cl)ccc2OC)N1C. The summed E-state index contributed by atoms with van der Waals surface area (Å²) in [6.45, 7) is 4.11. The Morgan fingerprint density at radius 2 is 2.12 bits per heavy atom. The fourth-order valence-corrected chi connectivity index (χ4v) is 3.48. The minimum atomic E-state index is -0.170. The molecule has 0 unspecified atom stereocenters. The molecule has 0 atom stereocenters. The molecule has 5 nitrogen and oxygen atoms in total. The van der Waals surface area contributed by atoms with E-state index in [1.165, 1.54) is 11.8 Å². The summed E-state index contributed by atoms with van der Waals surface area (Å²) in [4.78, 5) is 18.9. The van der Waals surface area contributed by atoms with E-state index < -0.39 is 0 Å². The van der Waals surface area contributed by atoms with Gasteiger partial charge < -0.3 is 15.0 Å². The van der Waals surface area contributed by atoms with Gasteiger partial charge in [-0.1, -0.05) is 48.1 Å². The number of nitrogens with one attached hydrogen (secondary N) is 1. The first-order valence-electron chi connectivity index (χ1n) is 7.86. The highest BCUT2D eigenvalue weighted by Gasteiger charge is 2.21. The molecule has 0 aliphatic carbocycles. The third kappa shape index (κ3) is 3.86. The predicted octanol–water partition coefficient (Wildman–Crippen LogP) is 4.62. The fraction of sp³-hybridized carbons (Fsp3) is 0.158. The molecule has 0 fully saturated rings. The number of aliphatic imine (C=N–C) groups is 1. The molecule has 0 saturated carbocycles. The number of anilines is 1. The zero-order valence-corrected chi connectivity index (χ0v) is 16.0. The summed E-state index contributed by atoms with van der Waals surface area (Å²) in [5.41, 5.74) is 3.25. The molecular weight excluding hydrogens is 370 g/mol. The van der Waals surface area contributed by atoms with Crippen LogP contribution in [0.15, 0.2) is 54.0 Å². The number of rotatable bonds is 4. The van der Waals surface area contributed by atoms with Crippen LogP contribution in [0.3, 0.4) is 0 Å². The van der Waals surface area contributed by atoms with Gasteiger partial charge in [-0.25, -0.2) is 4.99 Å². The van der Waals surface area contributed by atoms with E-state index in [4.69, 9.17) is 16.3 Å². The molecular formula is C19H18ClN3O2S. The van der Waals surface area contributed by atoms with Crippen LogP contribution in [0.1, 0.15) is 5.56 Å². The molecule has 0 saturated heterocycles. The predicted molar refractivity (Wildman–Crippen MR) is 109 cm³/mol. The quantitative estimate of drug-likeness (QED) is 0.831. The van der Waals surface area contributed by atoms with Gasteiger partial charge in [-0.3, -0.25) is 4.79 Å². The van der Waals surface area contributed by atoms with Gasteiger partial charge >= 0.3 is 0 Å². The van der Waals surface area contributed by atoms with Crippen molar-refractivity contribution in [3.8, 4) is 5.75 Å². The Kier molecular flexibility index (Phi) is 5.54. The zero-order valence-electron chi connectivity index (χ0n) is 14.5. The number of para-hydroxylation sites is 1. The molecule has 0 aromatic heterocycles. The number of hydrogen-bond donors (Lipinski definition) is 1. The highest BCUT2D eigenvalue weighted by Crippen LogP contribution is 2.34. The summed E-state index contributed by atoms with van der Waals surface area (Å²) < 4.78 is 5.24. The number of amidine groups is 1. The lowest BCUT2D eigenvalue weighted by Gasteiger charge is -2.28. The lowest BCUT2D eigenvalue weighted by atomic mass is 10.1. The molecule has 1 aliphatic heterocycles. The minimum absolute atomic E-state index is 0.170. The summed E-state index contributed by atoms with van der Waals surface area (Å²) in [5.74, 6) is 0.590. The van der Waals surface area contributed by atoms with Crippen molar-refractivity contribution in [3.63, 3.8) is 0 Å². The molecule has 134 valence electrons. The molecule has 2 aromatic carbocycles. The van der Waals surface area contributed by atoms with Crippen LogP contribution >= 0.6 is 23.4 Å². The largest absolute Gasteiger partial charge is 0.495 e. The Hall–Kier alpha value is -2.44. The lowest BCUT2D eigenvalue weighted by Crippen LogP contribution is -2.27. The second-order valence-corrected chi connectivity index (χ2v) is 6.98. The summed E-state index contributed by atoms with van der Waals surface area (Å²) in [6.07, 6.45) is 0. The second kappa shape index (κ2) is 7.85. The summed E-state index contributed by atoms with van der Waals surface area (Å²) >= 11 is 7.34. The van der Waals surface area contributed by atoms with E-state index in [0.717, 1.165) is 22.1 Å². The molecule has 26 heavy (non-hydrogen) atoms. The number of benzene rings is 2. The summed E-state index contributed by atoms with van der Waals surface area (Å²) in [6, 6.07) is 12.9. The number of nitrogens with zero attached hydrogens (tertiary/aromatic N) is 2. The van der Waals surface area contributed by atoms with Gasteiger partial charge in [0.1, 0.15) is 5.75 Å². The normalized spacial score (nSPS) is 13.1. The van der Waals surface area contributed by atoms with Gasteiger partial charge in [-0.05, 0) is 24.3 Å². The highest BCUT2D eigenvalue weighted by molar-refractivity contribution is 8.14. The molecule has 3 rings (SSSR count). The fourth-order valence-electron chi connectivity index (χ4n) is 2.51. The molecule has 1 amide bonds. The molecule has 0 radical (unpaired) electrons. The van der Waals surface area contributed by atoms with Crippen LogP contribution in [-0.2, 0) is 4.79 Å². The maximum atomic E-state index is 12.3. The van der Waals surface area contributed by atoms with E-state index >= 15 is 0 Å². The van der Waals surface area contributed by atoms with E-state index in [2.05, 4.69) is 16.9 Å². The van der Waals surface area contributed by atoms with E-state index in [0.29, 0.717) is 16.5 Å². The number of amides is 1. The van der Waals surface area contributed by atoms with Crippen LogP contribution in [0.5, 0.6) is 5.75 Å². The van der Waals surface area contributed by atoms with Gasteiger partial charge in [-0.15, -0.1) is 0 Å². The molecule has 2 aromatic rings. The number of carbonyl (C=O) groups excluding carboxylic acids is 1. The first kappa shape index (κ1) is 18.4. The van der Waals surface area contributed by atoms with Gasteiger partial charge in [0.25, 0.3) is 0 Å². The standard InChI is InChI=1S/C19H18ClN3O2S/c1-12-14-6-4-5-7-15(14)22-19(23(12)2)26-11-18(24)21-16-10-13(20)8-9-17(16)25-3/h4-10H,1,11H2,2-3H3,(H,21,24). The van der Waals surface area contributed by atoms with Crippen LogP contribution in [0, 0.1) is 0 Å². The Bertz CT molecular complexity index is 898. The highest BCUT2D eigenvalue weighted by atomic mass is 35.5. The number of halogens is 1. The maximum absolute atomic E-state index is 12.3. The van der Waals surface area contributed by atoms with Crippen molar-refractivity contribution in [2.24, 2.45) is 4.99 Å². The third-order valence-corrected chi connectivity index (χ3v) is 5.16. The first-order chi connectivity index (χ1) is 12.5. The molecule has 0 spiro atoms. The van der Waals surface area contributed by atoms with E-state index in [9.17, 15) is 4.79 Å². The zero-order chi connectivity index (χ0) is 18.7. The topological polar surface area (TPSA) is 53.9 Å². The first-order valence-corrected chi connectivity index (χ1v) is 9.23. The number of ether oxygens (including phenoxy) is 1. The number of fused-ring (bicyclic) bond motifs is 1. The van der Waals surface area contributed by atoms with Crippen molar-refractivity contribution in [1.82, 2.24) is 4.90 Å². The van der Waals surface area contributed by atoms with Crippen LogP contribution in [0.4, 0.5) is 11.4 Å². The van der Waals surface area contributed by atoms with Crippen LogP contribution < -0.4 is 10.1 Å². The second-order valence-electron chi connectivity index (χ2n) is 5.60. The van der Waals surface area contributed by atoms with Crippen molar-refractivity contribution in [2.75, 3.05) is 25.2 Å². The summed E-state index contributed by atoms with van der Waals surface area (Å²) in [7, 11) is 3.43. The monoisotopic (exact) mass is 387 g/mol. The van der Waals surface area contributed by atoms with Crippen LogP contribution in [-0.4, -0.2) is 35.9 Å². The number of methoxy groups -OCH3 is 1. The molecule has 1 heterocycles. The molecule has 0 bridgehead atoms. The van der Waals surface area contributed by atoms with Gasteiger partial charge in [0.15, 0.2) is 5.17 Å². The molecule has 7 heteroatoms. The number of thioether (sulfide) groups is 1. The van der Waals surface area contributed by atoms with E-state index in [1.807, 2.05) is 36.2 Å². The van der Waals surface area contributed by atoms with Gasteiger partial charge in [-0.2, -0.15) is 0 Å². The van der Waals surface area contributed by atoms with Gasteiger partial charge in [0.05, 0.1) is 24.2 Å². The van der Waals surface area contributed by atoms with E-state index in [1.54, 1.807) is 25.3 Å². The van der Waals surface area contributed by atoms with Crippen LogP contribution in [0.2, 0.25) is 5.02 Å². The molecule has 1 N–H and O–H groups in total. The summed E-state index contributed by atoms with van der Waals surface area (Å²) in [5, 5.41) is 4.07. The Morgan fingerprint density at radius 1 is 1.35 bits per heavy atom. The van der Waals surface area contributed by atoms with E-state index in [-0.39, 0.29) is 11.7 Å².